The summed E-state index contributed by atoms with van der Waals surface area (Å²) in [4.78, 5) is 0. The van der Waals surface area contributed by atoms with Gasteiger partial charge in [-0.25, -0.2) is 0 Å². The van der Waals surface area contributed by atoms with E-state index >= 15 is 0 Å². The third kappa shape index (κ3) is 3.58. The Morgan fingerprint density at radius 3 is 1.83 bits per heavy atom. The molecule has 3 aromatic rings. The first-order valence-corrected chi connectivity index (χ1v) is 7.58. The lowest BCUT2D eigenvalue weighted by Crippen LogP contribution is -2.23. The molecule has 114 valence electrons. The number of nitrogens with zero attached hydrogens (tertiary/aromatic N) is 1. The van der Waals surface area contributed by atoms with E-state index in [1.54, 1.807) is 0 Å². The van der Waals surface area contributed by atoms with Gasteiger partial charge in [-0.15, -0.1) is 0 Å². The van der Waals surface area contributed by atoms with Crippen LogP contribution in [-0.2, 0) is 0 Å². The van der Waals surface area contributed by atoms with E-state index in [1.807, 2.05) is 78.9 Å². The summed E-state index contributed by atoms with van der Waals surface area (Å²) in [5.74, 6) is 5.74. The summed E-state index contributed by atoms with van der Waals surface area (Å²) < 4.78 is 0. The molecule has 0 fully saturated rings. The van der Waals surface area contributed by atoms with Gasteiger partial charge in [0.1, 0.15) is 0 Å². The molecule has 0 saturated carbocycles. The van der Waals surface area contributed by atoms with E-state index in [4.69, 9.17) is 5.84 Å². The average Bonchev–Trinajstić information content (AvgIpc) is 2.64. The number of hydrogen-bond donors (Lipinski definition) is 2. The van der Waals surface area contributed by atoms with Crippen LogP contribution < -0.4 is 11.2 Å². The van der Waals surface area contributed by atoms with Crippen LogP contribution in [0.15, 0.2) is 96.1 Å². The lowest BCUT2D eigenvalue weighted by Gasteiger charge is -2.22. The highest BCUT2D eigenvalue weighted by molar-refractivity contribution is 6.06. The molecule has 1 atom stereocenters. The average molecular weight is 301 g/mol. The molecule has 3 heteroatoms. The first kappa shape index (κ1) is 14.9. The zero-order valence-electron chi connectivity index (χ0n) is 12.8. The fourth-order valence-electron chi connectivity index (χ4n) is 2.58. The van der Waals surface area contributed by atoms with Gasteiger partial charge in [0.25, 0.3) is 0 Å². The maximum Gasteiger partial charge on any atom is 0.0964 e. The molecule has 0 aliphatic carbocycles. The summed E-state index contributed by atoms with van der Waals surface area (Å²) in [5.41, 5.74) is 3.95. The van der Waals surface area contributed by atoms with Gasteiger partial charge in [-0.05, 0) is 17.7 Å². The molecule has 3 N–H and O–H groups in total. The first-order chi connectivity index (χ1) is 11.4. The monoisotopic (exact) mass is 301 g/mol. The van der Waals surface area contributed by atoms with Crippen LogP contribution in [0.1, 0.15) is 17.2 Å². The molecule has 0 aromatic heterocycles. The number of anilines is 1. The normalized spacial score (nSPS) is 12.6. The second-order valence-electron chi connectivity index (χ2n) is 5.23. The highest BCUT2D eigenvalue weighted by Crippen LogP contribution is 2.24. The highest BCUT2D eigenvalue weighted by atomic mass is 15.1. The van der Waals surface area contributed by atoms with Crippen LogP contribution in [0.4, 0.5) is 5.69 Å². The standard InChI is InChI=1S/C20H19N3/c21-23-20(17-12-6-2-7-13-17)19(16-10-4-1-5-11-16)22-18-14-8-3-9-15-18/h1-15,19,22H,21H2/b23-20+/t19-/m1/s1. The van der Waals surface area contributed by atoms with Crippen molar-refractivity contribution >= 4 is 11.4 Å². The fourth-order valence-corrected chi connectivity index (χ4v) is 2.58. The minimum atomic E-state index is -0.119. The SMILES string of the molecule is N/N=C(\c1ccccc1)[C@H](Nc1ccccc1)c1ccccc1. The second-order valence-corrected chi connectivity index (χ2v) is 5.23. The molecule has 0 saturated heterocycles. The maximum absolute atomic E-state index is 5.74. The Labute approximate surface area is 136 Å². The quantitative estimate of drug-likeness (QED) is 0.421. The van der Waals surface area contributed by atoms with E-state index in [9.17, 15) is 0 Å². The number of hydrazone groups is 1. The van der Waals surface area contributed by atoms with Gasteiger partial charge in [0.05, 0.1) is 11.8 Å². The third-order valence-electron chi connectivity index (χ3n) is 3.70. The minimum Gasteiger partial charge on any atom is -0.373 e. The van der Waals surface area contributed by atoms with Crippen LogP contribution in [0.3, 0.4) is 0 Å². The molecule has 3 nitrogen and oxygen atoms in total. The van der Waals surface area contributed by atoms with E-state index in [0.29, 0.717) is 0 Å². The van der Waals surface area contributed by atoms with Crippen molar-refractivity contribution in [1.29, 1.82) is 0 Å². The van der Waals surface area contributed by atoms with Gasteiger partial charge in [-0.1, -0.05) is 78.9 Å². The van der Waals surface area contributed by atoms with Gasteiger partial charge >= 0.3 is 0 Å². The molecule has 23 heavy (non-hydrogen) atoms. The molecule has 0 aliphatic rings. The number of rotatable bonds is 5. The zero-order chi connectivity index (χ0) is 15.9. The van der Waals surface area contributed by atoms with Crippen molar-refractivity contribution in [3.05, 3.63) is 102 Å². The summed E-state index contributed by atoms with van der Waals surface area (Å²) >= 11 is 0. The Hall–Kier alpha value is -3.07. The number of para-hydroxylation sites is 1. The van der Waals surface area contributed by atoms with Crippen molar-refractivity contribution in [2.45, 2.75) is 6.04 Å². The Kier molecular flexibility index (Phi) is 4.69. The summed E-state index contributed by atoms with van der Waals surface area (Å²) in [5, 5.41) is 7.62. The van der Waals surface area contributed by atoms with Gasteiger partial charge in [-0.2, -0.15) is 5.10 Å². The van der Waals surface area contributed by atoms with Crippen LogP contribution in [0, 0.1) is 0 Å². The lowest BCUT2D eigenvalue weighted by molar-refractivity contribution is 1.01. The van der Waals surface area contributed by atoms with Crippen molar-refractivity contribution in [3.63, 3.8) is 0 Å². The Morgan fingerprint density at radius 1 is 0.739 bits per heavy atom. The van der Waals surface area contributed by atoms with Gasteiger partial charge in [-0.3, -0.25) is 0 Å². The van der Waals surface area contributed by atoms with Crippen LogP contribution >= 0.6 is 0 Å². The molecule has 3 rings (SSSR count). The summed E-state index contributed by atoms with van der Waals surface area (Å²) in [6, 6.07) is 30.2. The molecule has 0 heterocycles. The summed E-state index contributed by atoms with van der Waals surface area (Å²) in [6.07, 6.45) is 0. The second kappa shape index (κ2) is 7.27. The summed E-state index contributed by atoms with van der Waals surface area (Å²) in [7, 11) is 0. The minimum absolute atomic E-state index is 0.119. The molecule has 0 radical (unpaired) electrons. The molecular formula is C20H19N3. The van der Waals surface area contributed by atoms with Gasteiger partial charge in [0.2, 0.25) is 0 Å². The summed E-state index contributed by atoms with van der Waals surface area (Å²) in [6.45, 7) is 0. The van der Waals surface area contributed by atoms with Crippen molar-refractivity contribution in [1.82, 2.24) is 0 Å². The van der Waals surface area contributed by atoms with Crippen molar-refractivity contribution < 1.29 is 0 Å². The molecule has 0 amide bonds. The van der Waals surface area contributed by atoms with Crippen molar-refractivity contribution in [3.8, 4) is 0 Å². The third-order valence-corrected chi connectivity index (χ3v) is 3.70. The Balaban J connectivity index is 2.01. The van der Waals surface area contributed by atoms with Crippen LogP contribution in [0.5, 0.6) is 0 Å². The van der Waals surface area contributed by atoms with E-state index < -0.39 is 0 Å². The largest absolute Gasteiger partial charge is 0.373 e. The zero-order valence-corrected chi connectivity index (χ0v) is 12.8. The molecular weight excluding hydrogens is 282 g/mol. The van der Waals surface area contributed by atoms with E-state index in [1.165, 1.54) is 0 Å². The predicted molar refractivity (Wildman–Crippen MR) is 96.4 cm³/mol. The van der Waals surface area contributed by atoms with E-state index in [-0.39, 0.29) is 6.04 Å². The smallest absolute Gasteiger partial charge is 0.0964 e. The molecule has 0 bridgehead atoms. The van der Waals surface area contributed by atoms with Crippen LogP contribution in [0.25, 0.3) is 0 Å². The topological polar surface area (TPSA) is 50.4 Å². The van der Waals surface area contributed by atoms with Gasteiger partial charge in [0, 0.05) is 11.3 Å². The number of benzene rings is 3. The molecule has 0 aliphatic heterocycles. The number of nitrogens with two attached hydrogens (primary N) is 1. The van der Waals surface area contributed by atoms with Crippen molar-refractivity contribution in [2.75, 3.05) is 5.32 Å². The van der Waals surface area contributed by atoms with Gasteiger partial charge < -0.3 is 11.2 Å². The maximum atomic E-state index is 5.74. The number of hydrogen-bond acceptors (Lipinski definition) is 3. The fraction of sp³-hybridized carbons (Fsp3) is 0.0500. The lowest BCUT2D eigenvalue weighted by atomic mass is 9.96. The highest BCUT2D eigenvalue weighted by Gasteiger charge is 2.19. The van der Waals surface area contributed by atoms with Crippen molar-refractivity contribution in [2.24, 2.45) is 10.9 Å². The molecule has 0 spiro atoms. The first-order valence-electron chi connectivity index (χ1n) is 7.58. The van der Waals surface area contributed by atoms with Gasteiger partial charge in [0.15, 0.2) is 0 Å². The van der Waals surface area contributed by atoms with Crippen LogP contribution in [0.2, 0.25) is 0 Å². The molecule has 3 aromatic carbocycles. The predicted octanol–water partition coefficient (Wildman–Crippen LogP) is 4.20. The van der Waals surface area contributed by atoms with Crippen LogP contribution in [-0.4, -0.2) is 5.71 Å². The van der Waals surface area contributed by atoms with E-state index in [2.05, 4.69) is 22.6 Å². The Bertz CT molecular complexity index is 753. The van der Waals surface area contributed by atoms with E-state index in [0.717, 1.165) is 22.5 Å². The molecule has 0 unspecified atom stereocenters. The Morgan fingerprint density at radius 2 is 1.26 bits per heavy atom. The number of nitrogens with one attached hydrogen (secondary N) is 1.